The molecule has 1 heterocycles. The van der Waals surface area contributed by atoms with E-state index in [1.807, 2.05) is 20.8 Å². The van der Waals surface area contributed by atoms with E-state index >= 15 is 0 Å². The van der Waals surface area contributed by atoms with Crippen LogP contribution in [0.4, 0.5) is 4.79 Å². The monoisotopic (exact) mass is 516 g/mol. The molecule has 0 aliphatic rings. The van der Waals surface area contributed by atoms with Gasteiger partial charge >= 0.3 is 6.09 Å². The SMILES string of the molecule is CC(C)(C)OC(=O)N(CCCc1ccc(I)cc1)C[C@H](O)c1ccc(Cl)nc1. The third-order valence-corrected chi connectivity index (χ3v) is 4.93. The second-order valence-corrected chi connectivity index (χ2v) is 9.22. The van der Waals surface area contributed by atoms with Gasteiger partial charge in [-0.3, -0.25) is 0 Å². The lowest BCUT2D eigenvalue weighted by Gasteiger charge is -2.29. The van der Waals surface area contributed by atoms with E-state index in [9.17, 15) is 9.90 Å². The highest BCUT2D eigenvalue weighted by molar-refractivity contribution is 14.1. The fraction of sp³-hybridized carbons (Fsp3) is 0.429. The minimum atomic E-state index is -0.865. The Bertz CT molecular complexity index is 761. The lowest BCUT2D eigenvalue weighted by molar-refractivity contribution is 0.0142. The van der Waals surface area contributed by atoms with Gasteiger partial charge in [0.1, 0.15) is 10.8 Å². The van der Waals surface area contributed by atoms with Crippen molar-refractivity contribution in [2.75, 3.05) is 13.1 Å². The number of carbonyl (C=O) groups excluding carboxylic acids is 1. The number of halogens is 2. The first-order valence-electron chi connectivity index (χ1n) is 9.16. The van der Waals surface area contributed by atoms with Crippen molar-refractivity contribution in [2.24, 2.45) is 0 Å². The summed E-state index contributed by atoms with van der Waals surface area (Å²) in [6.45, 7) is 6.10. The van der Waals surface area contributed by atoms with Crippen LogP contribution in [0, 0.1) is 3.57 Å². The number of ether oxygens (including phenoxy) is 1. The van der Waals surface area contributed by atoms with E-state index < -0.39 is 17.8 Å². The molecule has 0 saturated carbocycles. The van der Waals surface area contributed by atoms with Gasteiger partial charge in [0, 0.05) is 21.9 Å². The van der Waals surface area contributed by atoms with Crippen molar-refractivity contribution in [1.82, 2.24) is 9.88 Å². The second kappa shape index (κ2) is 10.4. The molecule has 0 saturated heterocycles. The molecule has 0 aliphatic carbocycles. The van der Waals surface area contributed by atoms with Gasteiger partial charge in [-0.2, -0.15) is 0 Å². The van der Waals surface area contributed by atoms with Gasteiger partial charge in [0.2, 0.25) is 0 Å². The van der Waals surface area contributed by atoms with Gasteiger partial charge in [-0.05, 0) is 80.0 Å². The number of carbonyl (C=O) groups is 1. The molecule has 5 nitrogen and oxygen atoms in total. The predicted molar refractivity (Wildman–Crippen MR) is 119 cm³/mol. The van der Waals surface area contributed by atoms with Crippen LogP contribution in [0.15, 0.2) is 42.6 Å². The number of aryl methyl sites for hydroxylation is 1. The molecule has 1 aromatic heterocycles. The Morgan fingerprint density at radius 1 is 1.25 bits per heavy atom. The molecule has 0 bridgehead atoms. The highest BCUT2D eigenvalue weighted by atomic mass is 127. The molecule has 0 radical (unpaired) electrons. The van der Waals surface area contributed by atoms with Gasteiger partial charge in [-0.1, -0.05) is 29.8 Å². The van der Waals surface area contributed by atoms with Crippen LogP contribution in [0.5, 0.6) is 0 Å². The molecule has 0 unspecified atom stereocenters. The molecule has 7 heteroatoms. The summed E-state index contributed by atoms with van der Waals surface area (Å²) in [7, 11) is 0. The van der Waals surface area contributed by atoms with Crippen molar-refractivity contribution in [3.05, 3.63) is 62.4 Å². The first kappa shape index (κ1) is 22.9. The molecule has 28 heavy (non-hydrogen) atoms. The number of nitrogens with zero attached hydrogens (tertiary/aromatic N) is 2. The molecular formula is C21H26ClIN2O3. The summed E-state index contributed by atoms with van der Waals surface area (Å²) in [5, 5.41) is 10.9. The quantitative estimate of drug-likeness (QED) is 0.404. The van der Waals surface area contributed by atoms with Crippen LogP contribution in [0.3, 0.4) is 0 Å². The normalized spacial score (nSPS) is 12.5. The topological polar surface area (TPSA) is 62.7 Å². The smallest absolute Gasteiger partial charge is 0.410 e. The maximum atomic E-state index is 12.6. The third-order valence-electron chi connectivity index (χ3n) is 3.99. The Balaban J connectivity index is 2.02. The minimum Gasteiger partial charge on any atom is -0.444 e. The van der Waals surface area contributed by atoms with Crippen LogP contribution >= 0.6 is 34.2 Å². The molecule has 1 aromatic carbocycles. The fourth-order valence-electron chi connectivity index (χ4n) is 2.61. The summed E-state index contributed by atoms with van der Waals surface area (Å²) in [6.07, 6.45) is 1.83. The summed E-state index contributed by atoms with van der Waals surface area (Å²) in [5.74, 6) is 0. The highest BCUT2D eigenvalue weighted by Gasteiger charge is 2.24. The molecular weight excluding hydrogens is 491 g/mol. The number of benzene rings is 1. The van der Waals surface area contributed by atoms with Crippen LogP contribution < -0.4 is 0 Å². The average Bonchev–Trinajstić information content (AvgIpc) is 2.61. The van der Waals surface area contributed by atoms with Crippen LogP contribution in [-0.2, 0) is 11.2 Å². The number of hydrogen-bond donors (Lipinski definition) is 1. The van der Waals surface area contributed by atoms with Crippen molar-refractivity contribution >= 4 is 40.3 Å². The number of aliphatic hydroxyl groups excluding tert-OH is 1. The molecule has 1 N–H and O–H groups in total. The van der Waals surface area contributed by atoms with Crippen molar-refractivity contribution in [2.45, 2.75) is 45.3 Å². The molecule has 1 amide bonds. The van der Waals surface area contributed by atoms with E-state index in [0.717, 1.165) is 12.8 Å². The maximum Gasteiger partial charge on any atom is 0.410 e. The first-order valence-corrected chi connectivity index (χ1v) is 10.6. The number of rotatable bonds is 7. The lowest BCUT2D eigenvalue weighted by atomic mass is 10.1. The fourth-order valence-corrected chi connectivity index (χ4v) is 3.08. The third kappa shape index (κ3) is 7.93. The lowest BCUT2D eigenvalue weighted by Crippen LogP contribution is -2.40. The average molecular weight is 517 g/mol. The molecule has 0 aliphatic heterocycles. The van der Waals surface area contributed by atoms with Crippen molar-refractivity contribution in [1.29, 1.82) is 0 Å². The van der Waals surface area contributed by atoms with Gasteiger partial charge in [-0.25, -0.2) is 9.78 Å². The Morgan fingerprint density at radius 3 is 2.50 bits per heavy atom. The molecule has 2 rings (SSSR count). The summed E-state index contributed by atoms with van der Waals surface area (Å²) in [5.41, 5.74) is 1.22. The first-order chi connectivity index (χ1) is 13.1. The summed E-state index contributed by atoms with van der Waals surface area (Å²) >= 11 is 8.08. The Morgan fingerprint density at radius 2 is 1.93 bits per heavy atom. The largest absolute Gasteiger partial charge is 0.444 e. The van der Waals surface area contributed by atoms with Crippen LogP contribution in [0.25, 0.3) is 0 Å². The Kier molecular flexibility index (Phi) is 8.52. The van der Waals surface area contributed by atoms with Crippen LogP contribution in [0.1, 0.15) is 44.4 Å². The van der Waals surface area contributed by atoms with E-state index in [2.05, 4.69) is 51.8 Å². The number of pyridine rings is 1. The molecule has 1 atom stereocenters. The zero-order valence-corrected chi connectivity index (χ0v) is 19.3. The zero-order chi connectivity index (χ0) is 20.7. The van der Waals surface area contributed by atoms with Gasteiger partial charge in [0.15, 0.2) is 0 Å². The van der Waals surface area contributed by atoms with Gasteiger partial charge in [0.05, 0.1) is 12.6 Å². The van der Waals surface area contributed by atoms with Gasteiger partial charge in [-0.15, -0.1) is 0 Å². The number of hydrogen-bond acceptors (Lipinski definition) is 4. The molecule has 0 spiro atoms. The van der Waals surface area contributed by atoms with Gasteiger partial charge in [0.25, 0.3) is 0 Å². The number of aromatic nitrogens is 1. The van der Waals surface area contributed by atoms with Crippen molar-refractivity contribution in [3.8, 4) is 0 Å². The number of amides is 1. The van der Waals surface area contributed by atoms with E-state index in [4.69, 9.17) is 16.3 Å². The maximum absolute atomic E-state index is 12.6. The Labute approximate surface area is 185 Å². The highest BCUT2D eigenvalue weighted by Crippen LogP contribution is 2.18. The van der Waals surface area contributed by atoms with Crippen molar-refractivity contribution < 1.29 is 14.6 Å². The van der Waals surface area contributed by atoms with Crippen LogP contribution in [-0.4, -0.2) is 39.8 Å². The van der Waals surface area contributed by atoms with E-state index in [1.165, 1.54) is 15.3 Å². The minimum absolute atomic E-state index is 0.130. The standard InChI is InChI=1S/C21H26ClIN2O3/c1-21(2,3)28-20(27)25(12-4-5-15-6-9-17(23)10-7-15)14-18(26)16-8-11-19(22)24-13-16/h6-11,13,18,26H,4-5,12,14H2,1-3H3/t18-/m0/s1. The summed E-state index contributed by atoms with van der Waals surface area (Å²) < 4.78 is 6.70. The molecule has 2 aromatic rings. The molecule has 152 valence electrons. The Hall–Kier alpha value is -1.38. The van der Waals surface area contributed by atoms with E-state index in [1.54, 1.807) is 17.0 Å². The second-order valence-electron chi connectivity index (χ2n) is 7.59. The molecule has 0 fully saturated rings. The van der Waals surface area contributed by atoms with Gasteiger partial charge < -0.3 is 14.7 Å². The van der Waals surface area contributed by atoms with E-state index in [-0.39, 0.29) is 6.54 Å². The predicted octanol–water partition coefficient (Wildman–Crippen LogP) is 5.24. The zero-order valence-electron chi connectivity index (χ0n) is 16.4. The number of aliphatic hydroxyl groups is 1. The summed E-state index contributed by atoms with van der Waals surface area (Å²) in [6, 6.07) is 11.6. The van der Waals surface area contributed by atoms with Crippen molar-refractivity contribution in [3.63, 3.8) is 0 Å². The van der Waals surface area contributed by atoms with E-state index in [0.29, 0.717) is 17.3 Å². The summed E-state index contributed by atoms with van der Waals surface area (Å²) in [4.78, 5) is 18.2. The van der Waals surface area contributed by atoms with Crippen LogP contribution in [0.2, 0.25) is 5.15 Å².